The maximum atomic E-state index is 2.34. The Kier molecular flexibility index (Phi) is 4.66. The van der Waals surface area contributed by atoms with E-state index in [1.165, 1.54) is 33.2 Å². The molecule has 0 fully saturated rings. The van der Waals surface area contributed by atoms with Gasteiger partial charge in [0.1, 0.15) is 0 Å². The van der Waals surface area contributed by atoms with Gasteiger partial charge in [-0.3, -0.25) is 0 Å². The lowest BCUT2D eigenvalue weighted by molar-refractivity contribution is 0.788. The van der Waals surface area contributed by atoms with Crippen LogP contribution in [0.1, 0.15) is 23.1 Å². The first-order valence-electron chi connectivity index (χ1n) is 8.40. The quantitative estimate of drug-likeness (QED) is 0.599. The Balaban J connectivity index is 1.67. The first-order valence-corrected chi connectivity index (χ1v) is 8.40. The van der Waals surface area contributed by atoms with Crippen molar-refractivity contribution in [3.63, 3.8) is 0 Å². The van der Waals surface area contributed by atoms with E-state index in [0.29, 0.717) is 0 Å². The highest BCUT2D eigenvalue weighted by Gasteiger charge is 2.05. The second-order valence-electron chi connectivity index (χ2n) is 6.45. The molecule has 0 saturated heterocycles. The van der Waals surface area contributed by atoms with Crippen LogP contribution in [0.3, 0.4) is 0 Å². The molecule has 0 bridgehead atoms. The van der Waals surface area contributed by atoms with E-state index in [2.05, 4.69) is 86.5 Å². The van der Waals surface area contributed by atoms with Crippen molar-refractivity contribution in [1.82, 2.24) is 0 Å². The first kappa shape index (κ1) is 15.6. The van der Waals surface area contributed by atoms with Crippen LogP contribution in [-0.2, 0) is 6.42 Å². The lowest BCUT2D eigenvalue weighted by Gasteiger charge is -2.19. The highest BCUT2D eigenvalue weighted by molar-refractivity contribution is 5.88. The van der Waals surface area contributed by atoms with Gasteiger partial charge >= 0.3 is 0 Å². The summed E-state index contributed by atoms with van der Waals surface area (Å²) in [6.07, 6.45) is 2.29. The van der Waals surface area contributed by atoms with Crippen LogP contribution in [0.25, 0.3) is 10.8 Å². The van der Waals surface area contributed by atoms with Crippen molar-refractivity contribution in [3.8, 4) is 0 Å². The molecule has 3 aromatic carbocycles. The molecule has 0 saturated carbocycles. The van der Waals surface area contributed by atoms with E-state index < -0.39 is 0 Å². The van der Waals surface area contributed by atoms with Gasteiger partial charge < -0.3 is 4.90 Å². The average Bonchev–Trinajstić information content (AvgIpc) is 2.58. The Labute approximate surface area is 139 Å². The van der Waals surface area contributed by atoms with Crippen molar-refractivity contribution >= 4 is 16.5 Å². The van der Waals surface area contributed by atoms with E-state index >= 15 is 0 Å². The summed E-state index contributed by atoms with van der Waals surface area (Å²) in [5.74, 6) is 0. The fraction of sp³-hybridized carbons (Fsp3) is 0.273. The highest BCUT2D eigenvalue weighted by Crippen LogP contribution is 2.23. The van der Waals surface area contributed by atoms with E-state index in [0.717, 1.165) is 19.4 Å². The van der Waals surface area contributed by atoms with Crippen LogP contribution in [0.15, 0.2) is 60.7 Å². The molecule has 3 aromatic rings. The second-order valence-corrected chi connectivity index (χ2v) is 6.45. The van der Waals surface area contributed by atoms with Gasteiger partial charge in [0, 0.05) is 19.3 Å². The molecule has 0 spiro atoms. The largest absolute Gasteiger partial charge is 0.375 e. The molecular formula is C22H25N. The molecule has 3 rings (SSSR count). The third-order valence-corrected chi connectivity index (χ3v) is 4.65. The molecule has 0 aliphatic heterocycles. The van der Waals surface area contributed by atoms with Crippen molar-refractivity contribution in [2.45, 2.75) is 26.7 Å². The molecule has 0 atom stereocenters. The summed E-state index contributed by atoms with van der Waals surface area (Å²) in [5.41, 5.74) is 5.43. The molecule has 0 unspecified atom stereocenters. The third kappa shape index (κ3) is 3.56. The van der Waals surface area contributed by atoms with Crippen molar-refractivity contribution in [2.75, 3.05) is 18.5 Å². The predicted molar refractivity (Wildman–Crippen MR) is 101 cm³/mol. The molecule has 118 valence electrons. The van der Waals surface area contributed by atoms with Gasteiger partial charge in [0.2, 0.25) is 0 Å². The van der Waals surface area contributed by atoms with E-state index in [-0.39, 0.29) is 0 Å². The Hall–Kier alpha value is -2.28. The molecule has 0 heterocycles. The number of hydrogen-bond acceptors (Lipinski definition) is 1. The van der Waals surface area contributed by atoms with Gasteiger partial charge in [-0.05, 0) is 60.7 Å². The molecule has 1 heteroatoms. The van der Waals surface area contributed by atoms with Crippen LogP contribution in [0, 0.1) is 13.8 Å². The minimum Gasteiger partial charge on any atom is -0.375 e. The fourth-order valence-electron chi connectivity index (χ4n) is 3.17. The van der Waals surface area contributed by atoms with Crippen molar-refractivity contribution in [3.05, 3.63) is 77.4 Å². The van der Waals surface area contributed by atoms with Gasteiger partial charge in [-0.15, -0.1) is 0 Å². The molecule has 0 N–H and O–H groups in total. The highest BCUT2D eigenvalue weighted by atomic mass is 15.1. The monoisotopic (exact) mass is 303 g/mol. The number of nitrogens with zero attached hydrogens (tertiary/aromatic N) is 1. The summed E-state index contributed by atoms with van der Waals surface area (Å²) >= 11 is 0. The number of hydrogen-bond donors (Lipinski definition) is 0. The number of anilines is 1. The van der Waals surface area contributed by atoms with Crippen LogP contribution in [-0.4, -0.2) is 13.6 Å². The van der Waals surface area contributed by atoms with E-state index in [4.69, 9.17) is 0 Å². The summed E-state index contributed by atoms with van der Waals surface area (Å²) in [6.45, 7) is 5.40. The molecule has 0 radical (unpaired) electrons. The summed E-state index contributed by atoms with van der Waals surface area (Å²) in [7, 11) is 2.18. The van der Waals surface area contributed by atoms with Gasteiger partial charge in [-0.2, -0.15) is 0 Å². The molecule has 0 aliphatic rings. The zero-order valence-electron chi connectivity index (χ0n) is 14.3. The maximum absolute atomic E-state index is 2.34. The van der Waals surface area contributed by atoms with E-state index in [9.17, 15) is 0 Å². The first-order chi connectivity index (χ1) is 11.1. The van der Waals surface area contributed by atoms with Gasteiger partial charge in [-0.1, -0.05) is 54.1 Å². The summed E-state index contributed by atoms with van der Waals surface area (Å²) in [6, 6.07) is 22.1. The zero-order valence-corrected chi connectivity index (χ0v) is 14.3. The molecule has 0 aromatic heterocycles. The lowest BCUT2D eigenvalue weighted by Crippen LogP contribution is -2.18. The predicted octanol–water partition coefficient (Wildman–Crippen LogP) is 5.53. The normalized spacial score (nSPS) is 10.9. The van der Waals surface area contributed by atoms with Gasteiger partial charge in [0.25, 0.3) is 0 Å². The molecule has 0 aliphatic carbocycles. The van der Waals surface area contributed by atoms with E-state index in [1.807, 2.05) is 0 Å². The van der Waals surface area contributed by atoms with Crippen LogP contribution in [0.4, 0.5) is 5.69 Å². The number of rotatable bonds is 5. The van der Waals surface area contributed by atoms with Crippen LogP contribution in [0.5, 0.6) is 0 Å². The van der Waals surface area contributed by atoms with Crippen molar-refractivity contribution < 1.29 is 0 Å². The Morgan fingerprint density at radius 2 is 1.48 bits per heavy atom. The fourth-order valence-corrected chi connectivity index (χ4v) is 3.17. The third-order valence-electron chi connectivity index (χ3n) is 4.65. The van der Waals surface area contributed by atoms with Gasteiger partial charge in [0.05, 0.1) is 0 Å². The Bertz CT molecular complexity index is 787. The average molecular weight is 303 g/mol. The van der Waals surface area contributed by atoms with Crippen LogP contribution >= 0.6 is 0 Å². The topological polar surface area (TPSA) is 3.24 Å². The summed E-state index contributed by atoms with van der Waals surface area (Å²) in [4.78, 5) is 2.34. The number of aryl methyl sites for hydroxylation is 3. The maximum Gasteiger partial charge on any atom is 0.0363 e. The lowest BCUT2D eigenvalue weighted by atomic mass is 9.97. The summed E-state index contributed by atoms with van der Waals surface area (Å²) < 4.78 is 0. The minimum absolute atomic E-state index is 1.07. The molecule has 23 heavy (non-hydrogen) atoms. The van der Waals surface area contributed by atoms with Crippen LogP contribution < -0.4 is 4.90 Å². The van der Waals surface area contributed by atoms with Gasteiger partial charge in [-0.25, -0.2) is 0 Å². The second kappa shape index (κ2) is 6.87. The Morgan fingerprint density at radius 3 is 2.22 bits per heavy atom. The Morgan fingerprint density at radius 1 is 0.783 bits per heavy atom. The smallest absolute Gasteiger partial charge is 0.0363 e. The van der Waals surface area contributed by atoms with Crippen LogP contribution in [0.2, 0.25) is 0 Å². The standard InChI is InChI=1S/C22H25N/c1-17-10-14-20(15-11-17)23(3)16-6-7-19-13-12-18(2)21-8-4-5-9-22(19)21/h4-5,8-15H,6-7,16H2,1-3H3. The number of benzene rings is 3. The minimum atomic E-state index is 1.07. The van der Waals surface area contributed by atoms with Crippen molar-refractivity contribution in [2.24, 2.45) is 0 Å². The number of fused-ring (bicyclic) bond motifs is 1. The zero-order chi connectivity index (χ0) is 16.2. The molecular weight excluding hydrogens is 278 g/mol. The SMILES string of the molecule is Cc1ccc(N(C)CCCc2ccc(C)c3ccccc23)cc1. The molecule has 1 nitrogen and oxygen atoms in total. The van der Waals surface area contributed by atoms with E-state index in [1.54, 1.807) is 0 Å². The van der Waals surface area contributed by atoms with Crippen molar-refractivity contribution in [1.29, 1.82) is 0 Å². The summed E-state index contributed by atoms with van der Waals surface area (Å²) in [5, 5.41) is 2.79. The molecule has 0 amide bonds. The van der Waals surface area contributed by atoms with Gasteiger partial charge in [0.15, 0.2) is 0 Å².